The number of rotatable bonds is 3. The van der Waals surface area contributed by atoms with Crippen LogP contribution in [0.5, 0.6) is 0 Å². The lowest BCUT2D eigenvalue weighted by atomic mass is 9.84. The second-order valence-corrected chi connectivity index (χ2v) is 6.29. The zero-order chi connectivity index (χ0) is 15.9. The number of hydrogen-bond donors (Lipinski definition) is 1. The maximum absolute atomic E-state index is 6.29. The summed E-state index contributed by atoms with van der Waals surface area (Å²) in [4.78, 5) is 8.83. The van der Waals surface area contributed by atoms with Crippen LogP contribution in [0, 0.1) is 6.92 Å². The van der Waals surface area contributed by atoms with Crippen molar-refractivity contribution in [1.82, 2.24) is 9.97 Å². The summed E-state index contributed by atoms with van der Waals surface area (Å²) in [5.74, 6) is 0. The van der Waals surface area contributed by atoms with E-state index in [9.17, 15) is 0 Å². The zero-order valence-corrected chi connectivity index (χ0v) is 13.5. The molecule has 0 radical (unpaired) electrons. The first-order chi connectivity index (χ1) is 11.2. The smallest absolute Gasteiger partial charge is 0.110 e. The van der Waals surface area contributed by atoms with Crippen molar-refractivity contribution in [2.45, 2.75) is 12.5 Å². The van der Waals surface area contributed by atoms with Crippen molar-refractivity contribution in [3.8, 4) is 0 Å². The monoisotopic (exact) mass is 325 g/mol. The molecule has 0 unspecified atom stereocenters. The van der Waals surface area contributed by atoms with Gasteiger partial charge in [-0.05, 0) is 42.3 Å². The Morgan fingerprint density at radius 2 is 2.00 bits per heavy atom. The zero-order valence-electron chi connectivity index (χ0n) is 12.7. The van der Waals surface area contributed by atoms with Crippen molar-refractivity contribution in [2.75, 3.05) is 18.5 Å². The Morgan fingerprint density at radius 3 is 2.78 bits per heavy atom. The first-order valence-electron chi connectivity index (χ1n) is 7.50. The molecule has 0 aliphatic carbocycles. The lowest BCUT2D eigenvalue weighted by molar-refractivity contribution is -0.0449. The van der Waals surface area contributed by atoms with Crippen LogP contribution in [-0.4, -0.2) is 23.2 Å². The van der Waals surface area contributed by atoms with Crippen LogP contribution >= 0.6 is 11.6 Å². The Labute approximate surface area is 139 Å². The number of anilines is 1. The Hall–Kier alpha value is -2.17. The number of nitrogens with zero attached hydrogens (tertiary/aromatic N) is 2. The molecule has 116 valence electrons. The molecule has 0 atom stereocenters. The summed E-state index contributed by atoms with van der Waals surface area (Å²) in [7, 11) is 0. The van der Waals surface area contributed by atoms with Gasteiger partial charge in [0.05, 0.1) is 36.1 Å². The van der Waals surface area contributed by atoms with Crippen LogP contribution < -0.4 is 5.32 Å². The molecule has 5 heteroatoms. The Kier molecular flexibility index (Phi) is 3.43. The van der Waals surface area contributed by atoms with E-state index in [1.165, 1.54) is 0 Å². The molecule has 0 spiro atoms. The highest BCUT2D eigenvalue weighted by Gasteiger charge is 2.41. The summed E-state index contributed by atoms with van der Waals surface area (Å²) >= 11 is 6.29. The largest absolute Gasteiger partial charge is 0.376 e. The van der Waals surface area contributed by atoms with Gasteiger partial charge in [0.15, 0.2) is 0 Å². The van der Waals surface area contributed by atoms with Crippen molar-refractivity contribution in [2.24, 2.45) is 0 Å². The third-order valence-electron chi connectivity index (χ3n) is 4.31. The molecular formula is C18H16ClN3O. The minimum Gasteiger partial charge on any atom is -0.376 e. The van der Waals surface area contributed by atoms with Gasteiger partial charge in [-0.15, -0.1) is 0 Å². The molecule has 0 bridgehead atoms. The number of halogens is 1. The summed E-state index contributed by atoms with van der Waals surface area (Å²) in [5.41, 5.74) is 4.67. The summed E-state index contributed by atoms with van der Waals surface area (Å²) in [5, 5.41) is 4.35. The fourth-order valence-electron chi connectivity index (χ4n) is 3.02. The van der Waals surface area contributed by atoms with E-state index in [1.54, 1.807) is 6.20 Å². The molecule has 2 aromatic heterocycles. The molecular weight excluding hydrogens is 310 g/mol. The van der Waals surface area contributed by atoms with E-state index >= 15 is 0 Å². The molecule has 1 aromatic carbocycles. The summed E-state index contributed by atoms with van der Waals surface area (Å²) in [6.07, 6.45) is 3.61. The van der Waals surface area contributed by atoms with Crippen LogP contribution in [0.15, 0.2) is 48.8 Å². The molecule has 1 aliphatic heterocycles. The molecule has 1 fully saturated rings. The molecule has 23 heavy (non-hydrogen) atoms. The van der Waals surface area contributed by atoms with E-state index in [1.807, 2.05) is 43.5 Å². The number of aromatic nitrogens is 2. The number of nitrogens with one attached hydrogen (secondary N) is 1. The van der Waals surface area contributed by atoms with Crippen molar-refractivity contribution in [3.05, 3.63) is 64.9 Å². The minimum absolute atomic E-state index is 0.265. The van der Waals surface area contributed by atoms with E-state index in [0.717, 1.165) is 32.9 Å². The van der Waals surface area contributed by atoms with Gasteiger partial charge < -0.3 is 10.1 Å². The molecule has 4 rings (SSSR count). The molecule has 0 saturated carbocycles. The number of fused-ring (bicyclic) bond motifs is 1. The fraction of sp³-hybridized carbons (Fsp3) is 0.222. The third-order valence-corrected chi connectivity index (χ3v) is 4.72. The second-order valence-electron chi connectivity index (χ2n) is 5.88. The third kappa shape index (κ3) is 2.44. The van der Waals surface area contributed by atoms with Crippen LogP contribution in [0.1, 0.15) is 11.1 Å². The summed E-state index contributed by atoms with van der Waals surface area (Å²) in [6.45, 7) is 3.25. The van der Waals surface area contributed by atoms with Gasteiger partial charge >= 0.3 is 0 Å². The first kappa shape index (κ1) is 14.4. The van der Waals surface area contributed by atoms with Crippen molar-refractivity contribution in [1.29, 1.82) is 0 Å². The standard InChI is InChI=1S/C18H16ClN3O/c1-12-14(4-2-5-15(12)19)18(10-23-11-18)22-13-8-17-16(21-9-13)6-3-7-20-17/h2-9,22H,10-11H2,1H3. The molecule has 4 nitrogen and oxygen atoms in total. The average Bonchev–Trinajstić information content (AvgIpc) is 2.54. The van der Waals surface area contributed by atoms with Crippen LogP contribution in [0.2, 0.25) is 5.02 Å². The summed E-state index contributed by atoms with van der Waals surface area (Å²) in [6, 6.07) is 11.8. The minimum atomic E-state index is -0.265. The summed E-state index contributed by atoms with van der Waals surface area (Å²) < 4.78 is 5.51. The maximum Gasteiger partial charge on any atom is 0.110 e. The Bertz CT molecular complexity index is 877. The van der Waals surface area contributed by atoms with E-state index in [-0.39, 0.29) is 5.54 Å². The highest BCUT2D eigenvalue weighted by Crippen LogP contribution is 2.37. The van der Waals surface area contributed by atoms with Gasteiger partial charge in [0.25, 0.3) is 0 Å². The molecule has 1 aliphatic rings. The predicted octanol–water partition coefficient (Wildman–Crippen LogP) is 3.93. The Balaban J connectivity index is 1.73. The van der Waals surface area contributed by atoms with Gasteiger partial charge in [-0.1, -0.05) is 23.7 Å². The Morgan fingerprint density at radius 1 is 1.13 bits per heavy atom. The van der Waals surface area contributed by atoms with Gasteiger partial charge in [-0.3, -0.25) is 9.97 Å². The quantitative estimate of drug-likeness (QED) is 0.792. The average molecular weight is 326 g/mol. The van der Waals surface area contributed by atoms with Crippen molar-refractivity contribution < 1.29 is 4.74 Å². The van der Waals surface area contributed by atoms with E-state index in [4.69, 9.17) is 16.3 Å². The SMILES string of the molecule is Cc1c(Cl)cccc1C1(Nc2cnc3cccnc3c2)COC1. The first-order valence-corrected chi connectivity index (χ1v) is 7.88. The molecule has 3 heterocycles. The molecule has 1 N–H and O–H groups in total. The lowest BCUT2D eigenvalue weighted by Gasteiger charge is -2.44. The predicted molar refractivity (Wildman–Crippen MR) is 91.8 cm³/mol. The number of ether oxygens (including phenoxy) is 1. The topological polar surface area (TPSA) is 47.0 Å². The van der Waals surface area contributed by atoms with Gasteiger partial charge in [-0.2, -0.15) is 0 Å². The lowest BCUT2D eigenvalue weighted by Crippen LogP contribution is -2.53. The van der Waals surface area contributed by atoms with Crippen LogP contribution in [0.4, 0.5) is 5.69 Å². The number of hydrogen-bond acceptors (Lipinski definition) is 4. The van der Waals surface area contributed by atoms with Gasteiger partial charge in [-0.25, -0.2) is 0 Å². The van der Waals surface area contributed by atoms with Gasteiger partial charge in [0.2, 0.25) is 0 Å². The van der Waals surface area contributed by atoms with Crippen LogP contribution in [0.3, 0.4) is 0 Å². The van der Waals surface area contributed by atoms with E-state index < -0.39 is 0 Å². The van der Waals surface area contributed by atoms with Gasteiger partial charge in [0, 0.05) is 11.2 Å². The van der Waals surface area contributed by atoms with Gasteiger partial charge in [0.1, 0.15) is 5.54 Å². The molecule has 1 saturated heterocycles. The normalized spacial score (nSPS) is 16.1. The van der Waals surface area contributed by atoms with Crippen molar-refractivity contribution >= 4 is 28.3 Å². The maximum atomic E-state index is 6.29. The highest BCUT2D eigenvalue weighted by molar-refractivity contribution is 6.31. The molecule has 0 amide bonds. The number of benzene rings is 1. The number of pyridine rings is 2. The van der Waals surface area contributed by atoms with Crippen LogP contribution in [-0.2, 0) is 10.3 Å². The van der Waals surface area contributed by atoms with Crippen molar-refractivity contribution in [3.63, 3.8) is 0 Å². The van der Waals surface area contributed by atoms with Crippen LogP contribution in [0.25, 0.3) is 11.0 Å². The molecule has 3 aromatic rings. The van der Waals surface area contributed by atoms with E-state index in [0.29, 0.717) is 13.2 Å². The second kappa shape index (κ2) is 5.48. The highest BCUT2D eigenvalue weighted by atomic mass is 35.5. The fourth-order valence-corrected chi connectivity index (χ4v) is 3.20. The van der Waals surface area contributed by atoms with E-state index in [2.05, 4.69) is 21.4 Å².